The van der Waals surface area contributed by atoms with Crippen LogP contribution in [-0.4, -0.2) is 21.1 Å². The normalized spacial score (nSPS) is 13.2. The highest BCUT2D eigenvalue weighted by Crippen LogP contribution is 2.24. The van der Waals surface area contributed by atoms with Crippen LogP contribution in [0.3, 0.4) is 0 Å². The van der Waals surface area contributed by atoms with E-state index in [0.29, 0.717) is 17.3 Å². The number of hydrogen-bond acceptors (Lipinski definition) is 3. The summed E-state index contributed by atoms with van der Waals surface area (Å²) in [6, 6.07) is 3.55. The highest BCUT2D eigenvalue weighted by atomic mass is 35.5. The van der Waals surface area contributed by atoms with E-state index in [0.717, 1.165) is 11.2 Å². The van der Waals surface area contributed by atoms with Crippen molar-refractivity contribution in [3.63, 3.8) is 0 Å². The van der Waals surface area contributed by atoms with Crippen LogP contribution in [0.5, 0.6) is 0 Å². The lowest BCUT2D eigenvalue weighted by Gasteiger charge is -2.06. The molecule has 0 fully saturated rings. The summed E-state index contributed by atoms with van der Waals surface area (Å²) >= 11 is 6.20. The van der Waals surface area contributed by atoms with E-state index in [4.69, 9.17) is 22.4 Å². The molecule has 86 valence electrons. The number of aryl methyl sites for hydroxylation is 1. The minimum absolute atomic E-state index is 0.0321. The Bertz CT molecular complexity index is 509. The second kappa shape index (κ2) is 4.41. The van der Waals surface area contributed by atoms with Gasteiger partial charge < -0.3 is 10.8 Å². The molecule has 0 aromatic carbocycles. The third-order valence-corrected chi connectivity index (χ3v) is 2.90. The summed E-state index contributed by atoms with van der Waals surface area (Å²) in [5, 5.41) is 9.38. The molecule has 0 radical (unpaired) electrons. The van der Waals surface area contributed by atoms with Gasteiger partial charge in [0.25, 0.3) is 0 Å². The Morgan fingerprint density at radius 1 is 1.56 bits per heavy atom. The van der Waals surface area contributed by atoms with Crippen molar-refractivity contribution in [3.05, 3.63) is 34.7 Å². The molecule has 16 heavy (non-hydrogen) atoms. The molecule has 0 bridgehead atoms. The molecule has 0 spiro atoms. The van der Waals surface area contributed by atoms with Crippen molar-refractivity contribution in [2.75, 3.05) is 6.61 Å². The number of rotatable bonds is 3. The lowest BCUT2D eigenvalue weighted by Crippen LogP contribution is -2.12. The van der Waals surface area contributed by atoms with E-state index < -0.39 is 0 Å². The minimum Gasteiger partial charge on any atom is -0.396 e. The van der Waals surface area contributed by atoms with Crippen LogP contribution in [0.1, 0.15) is 23.7 Å². The molecule has 0 saturated heterocycles. The summed E-state index contributed by atoms with van der Waals surface area (Å²) in [5.74, 6) is 0. The molecule has 4 nitrogen and oxygen atoms in total. The average molecular weight is 240 g/mol. The first-order chi connectivity index (χ1) is 7.63. The number of aromatic nitrogens is 2. The van der Waals surface area contributed by atoms with Crippen LogP contribution in [0.2, 0.25) is 5.15 Å². The van der Waals surface area contributed by atoms with Gasteiger partial charge in [-0.3, -0.25) is 4.40 Å². The van der Waals surface area contributed by atoms with Crippen LogP contribution in [0.25, 0.3) is 5.65 Å². The topological polar surface area (TPSA) is 63.5 Å². The zero-order chi connectivity index (χ0) is 11.7. The maximum atomic E-state index is 8.85. The second-order valence-corrected chi connectivity index (χ2v) is 4.20. The molecule has 0 amide bonds. The molecule has 1 unspecified atom stereocenters. The van der Waals surface area contributed by atoms with Crippen LogP contribution < -0.4 is 5.73 Å². The quantitative estimate of drug-likeness (QED) is 0.857. The SMILES string of the molecule is Cc1ccc2nc(C(N)CCO)c(Cl)n2c1. The Hall–Kier alpha value is -1.10. The Kier molecular flexibility index (Phi) is 3.14. The van der Waals surface area contributed by atoms with Crippen molar-refractivity contribution in [2.45, 2.75) is 19.4 Å². The van der Waals surface area contributed by atoms with Gasteiger partial charge in [0.15, 0.2) is 0 Å². The number of imidazole rings is 1. The van der Waals surface area contributed by atoms with Crippen LogP contribution in [0.15, 0.2) is 18.3 Å². The zero-order valence-corrected chi connectivity index (χ0v) is 9.78. The van der Waals surface area contributed by atoms with E-state index in [-0.39, 0.29) is 12.6 Å². The molecule has 2 heterocycles. The van der Waals surface area contributed by atoms with Crippen molar-refractivity contribution < 1.29 is 5.11 Å². The van der Waals surface area contributed by atoms with Gasteiger partial charge in [0.2, 0.25) is 0 Å². The molecule has 2 aromatic heterocycles. The predicted octanol–water partition coefficient (Wildman–Crippen LogP) is 1.68. The molecule has 3 N–H and O–H groups in total. The molecular formula is C11H14ClN3O. The van der Waals surface area contributed by atoms with E-state index in [1.807, 2.05) is 29.7 Å². The van der Waals surface area contributed by atoms with Gasteiger partial charge in [-0.15, -0.1) is 0 Å². The van der Waals surface area contributed by atoms with Crippen molar-refractivity contribution in [3.8, 4) is 0 Å². The fourth-order valence-corrected chi connectivity index (χ4v) is 1.97. The van der Waals surface area contributed by atoms with Crippen molar-refractivity contribution in [2.24, 2.45) is 5.73 Å². The third kappa shape index (κ3) is 1.91. The first-order valence-electron chi connectivity index (χ1n) is 5.14. The molecule has 5 heteroatoms. The van der Waals surface area contributed by atoms with Crippen LogP contribution in [0.4, 0.5) is 0 Å². The molecule has 2 aromatic rings. The maximum Gasteiger partial charge on any atom is 0.138 e. The Balaban J connectivity index is 2.51. The molecule has 0 saturated carbocycles. The largest absolute Gasteiger partial charge is 0.396 e. The monoisotopic (exact) mass is 239 g/mol. The maximum absolute atomic E-state index is 8.85. The smallest absolute Gasteiger partial charge is 0.138 e. The number of pyridine rings is 1. The molecule has 0 aliphatic rings. The van der Waals surface area contributed by atoms with Gasteiger partial charge in [-0.05, 0) is 25.0 Å². The zero-order valence-electron chi connectivity index (χ0n) is 9.02. The molecule has 0 aliphatic heterocycles. The lowest BCUT2D eigenvalue weighted by molar-refractivity contribution is 0.276. The minimum atomic E-state index is -0.322. The standard InChI is InChI=1S/C11H14ClN3O/c1-7-2-3-9-14-10(8(13)4-5-16)11(12)15(9)6-7/h2-3,6,8,16H,4-5,13H2,1H3. The Morgan fingerprint density at radius 3 is 3.00 bits per heavy atom. The number of halogens is 1. The summed E-state index contributed by atoms with van der Waals surface area (Å²) in [6.07, 6.45) is 2.38. The Morgan fingerprint density at radius 2 is 2.31 bits per heavy atom. The van der Waals surface area contributed by atoms with E-state index in [1.165, 1.54) is 0 Å². The van der Waals surface area contributed by atoms with E-state index >= 15 is 0 Å². The van der Waals surface area contributed by atoms with Crippen molar-refractivity contribution in [1.82, 2.24) is 9.38 Å². The molecule has 2 rings (SSSR count). The van der Waals surface area contributed by atoms with Gasteiger partial charge in [-0.25, -0.2) is 4.98 Å². The summed E-state index contributed by atoms with van der Waals surface area (Å²) in [6.45, 7) is 2.02. The summed E-state index contributed by atoms with van der Waals surface area (Å²) < 4.78 is 1.81. The van der Waals surface area contributed by atoms with Crippen LogP contribution in [-0.2, 0) is 0 Å². The molecular weight excluding hydrogens is 226 g/mol. The first kappa shape index (κ1) is 11.4. The average Bonchev–Trinajstić information content (AvgIpc) is 2.57. The molecule has 1 atom stereocenters. The number of aliphatic hydroxyl groups excluding tert-OH is 1. The number of hydrogen-bond donors (Lipinski definition) is 2. The van der Waals surface area contributed by atoms with Crippen LogP contribution in [0, 0.1) is 6.92 Å². The van der Waals surface area contributed by atoms with Gasteiger partial charge in [0.1, 0.15) is 10.8 Å². The highest BCUT2D eigenvalue weighted by Gasteiger charge is 2.16. The van der Waals surface area contributed by atoms with Crippen molar-refractivity contribution >= 4 is 17.2 Å². The van der Waals surface area contributed by atoms with Gasteiger partial charge in [-0.2, -0.15) is 0 Å². The van der Waals surface area contributed by atoms with Gasteiger partial charge >= 0.3 is 0 Å². The van der Waals surface area contributed by atoms with Crippen molar-refractivity contribution in [1.29, 1.82) is 0 Å². The number of fused-ring (bicyclic) bond motifs is 1. The van der Waals surface area contributed by atoms with Gasteiger partial charge in [-0.1, -0.05) is 17.7 Å². The van der Waals surface area contributed by atoms with E-state index in [1.54, 1.807) is 0 Å². The fraction of sp³-hybridized carbons (Fsp3) is 0.364. The Labute approximate surface area is 98.7 Å². The van der Waals surface area contributed by atoms with Crippen LogP contribution >= 0.6 is 11.6 Å². The van der Waals surface area contributed by atoms with Gasteiger partial charge in [0.05, 0.1) is 11.7 Å². The summed E-state index contributed by atoms with van der Waals surface area (Å²) in [5.41, 5.74) is 8.41. The second-order valence-electron chi connectivity index (χ2n) is 3.84. The number of nitrogens with zero attached hydrogens (tertiary/aromatic N) is 2. The first-order valence-corrected chi connectivity index (χ1v) is 5.52. The summed E-state index contributed by atoms with van der Waals surface area (Å²) in [4.78, 5) is 4.37. The van der Waals surface area contributed by atoms with E-state index in [2.05, 4.69) is 4.98 Å². The third-order valence-electron chi connectivity index (χ3n) is 2.52. The highest BCUT2D eigenvalue weighted by molar-refractivity contribution is 6.30. The number of aliphatic hydroxyl groups is 1. The predicted molar refractivity (Wildman–Crippen MR) is 63.6 cm³/mol. The van der Waals surface area contributed by atoms with Gasteiger partial charge in [0, 0.05) is 12.8 Å². The lowest BCUT2D eigenvalue weighted by atomic mass is 10.2. The fourth-order valence-electron chi connectivity index (χ4n) is 1.65. The summed E-state index contributed by atoms with van der Waals surface area (Å²) in [7, 11) is 0. The number of nitrogens with two attached hydrogens (primary N) is 1. The molecule has 0 aliphatic carbocycles. The van der Waals surface area contributed by atoms with E-state index in [9.17, 15) is 0 Å².